The van der Waals surface area contributed by atoms with E-state index in [2.05, 4.69) is 30.2 Å². The molecule has 0 atom stereocenters. The van der Waals surface area contributed by atoms with Crippen LogP contribution in [-0.2, 0) is 6.54 Å². The summed E-state index contributed by atoms with van der Waals surface area (Å²) in [6.45, 7) is 0.641. The lowest BCUT2D eigenvalue weighted by atomic mass is 10.4. The van der Waals surface area contributed by atoms with E-state index in [0.29, 0.717) is 6.54 Å². The minimum Gasteiger partial charge on any atom is -0.362 e. The second-order valence-electron chi connectivity index (χ2n) is 3.16. The van der Waals surface area contributed by atoms with Crippen molar-refractivity contribution in [1.82, 2.24) is 24.9 Å². The van der Waals surface area contributed by atoms with Crippen LogP contribution in [0.25, 0.3) is 11.2 Å². The molecule has 3 aromatic heterocycles. The van der Waals surface area contributed by atoms with Crippen LogP contribution in [0.4, 0.5) is 5.82 Å². The largest absolute Gasteiger partial charge is 0.362 e. The number of hydrogen-bond acceptors (Lipinski definition) is 6. The van der Waals surface area contributed by atoms with E-state index in [0.717, 1.165) is 22.7 Å². The van der Waals surface area contributed by atoms with Crippen LogP contribution in [0.5, 0.6) is 0 Å². The number of hydrogen-bond donors (Lipinski definition) is 2. The topological polar surface area (TPSA) is 79.4 Å². The maximum atomic E-state index is 4.18. The van der Waals surface area contributed by atoms with Gasteiger partial charge in [0, 0.05) is 5.38 Å². The first-order chi connectivity index (χ1) is 7.93. The molecule has 0 spiro atoms. The fraction of sp³-hybridized carbons (Fsp3) is 0.111. The molecule has 0 aromatic carbocycles. The van der Waals surface area contributed by atoms with E-state index < -0.39 is 0 Å². The van der Waals surface area contributed by atoms with E-state index in [1.165, 1.54) is 6.33 Å². The maximum Gasteiger partial charge on any atom is 0.162 e. The van der Waals surface area contributed by atoms with Gasteiger partial charge in [0.25, 0.3) is 0 Å². The highest BCUT2D eigenvalue weighted by Crippen LogP contribution is 2.15. The summed E-state index contributed by atoms with van der Waals surface area (Å²) < 4.78 is 0. The molecule has 0 unspecified atom stereocenters. The van der Waals surface area contributed by atoms with Crippen LogP contribution < -0.4 is 5.32 Å². The summed E-state index contributed by atoms with van der Waals surface area (Å²) in [7, 11) is 0. The average Bonchev–Trinajstić information content (AvgIpc) is 2.97. The number of H-pyrrole nitrogens is 1. The van der Waals surface area contributed by atoms with Crippen LogP contribution >= 0.6 is 11.3 Å². The fourth-order valence-corrected chi connectivity index (χ4v) is 1.95. The standard InChI is InChI=1S/C9H8N6S/c1(6-2-16-5-15-6)10-8-7-9(12-3-11-7)14-4-13-8/h2-5H,1H2,(H2,10,11,12,13,14). The minimum absolute atomic E-state index is 0.641. The molecule has 2 N–H and O–H groups in total. The summed E-state index contributed by atoms with van der Waals surface area (Å²) in [5.74, 6) is 0.722. The molecule has 3 rings (SSSR count). The first kappa shape index (κ1) is 9.22. The first-order valence-corrected chi connectivity index (χ1v) is 5.63. The number of fused-ring (bicyclic) bond motifs is 1. The van der Waals surface area contributed by atoms with Crippen molar-refractivity contribution in [1.29, 1.82) is 0 Å². The Balaban J connectivity index is 1.86. The molecule has 0 saturated heterocycles. The number of nitrogens with zero attached hydrogens (tertiary/aromatic N) is 4. The zero-order chi connectivity index (χ0) is 10.8. The fourth-order valence-electron chi connectivity index (χ4n) is 1.39. The summed E-state index contributed by atoms with van der Waals surface area (Å²) in [5, 5.41) is 5.18. The minimum atomic E-state index is 0.641. The summed E-state index contributed by atoms with van der Waals surface area (Å²) in [6, 6.07) is 0. The zero-order valence-corrected chi connectivity index (χ0v) is 9.03. The molecule has 3 heterocycles. The van der Waals surface area contributed by atoms with E-state index in [1.807, 2.05) is 5.38 Å². The summed E-state index contributed by atoms with van der Waals surface area (Å²) in [5.41, 5.74) is 4.28. The van der Waals surface area contributed by atoms with Gasteiger partial charge in [0.15, 0.2) is 11.5 Å². The van der Waals surface area contributed by atoms with Gasteiger partial charge in [0.1, 0.15) is 11.8 Å². The van der Waals surface area contributed by atoms with Crippen LogP contribution in [-0.4, -0.2) is 24.9 Å². The van der Waals surface area contributed by atoms with Gasteiger partial charge in [-0.05, 0) is 0 Å². The molecule has 0 fully saturated rings. The Morgan fingerprint density at radius 1 is 1.25 bits per heavy atom. The zero-order valence-electron chi connectivity index (χ0n) is 8.21. The van der Waals surface area contributed by atoms with E-state index in [1.54, 1.807) is 23.2 Å². The molecule has 6 nitrogen and oxygen atoms in total. The van der Waals surface area contributed by atoms with Crippen molar-refractivity contribution >= 4 is 28.3 Å². The molecule has 0 saturated carbocycles. The van der Waals surface area contributed by atoms with Crippen molar-refractivity contribution in [3.05, 3.63) is 29.2 Å². The highest BCUT2D eigenvalue weighted by atomic mass is 32.1. The molecule has 0 aliphatic rings. The molecular weight excluding hydrogens is 224 g/mol. The third-order valence-corrected chi connectivity index (χ3v) is 2.77. The van der Waals surface area contributed by atoms with Crippen LogP contribution in [0.2, 0.25) is 0 Å². The molecule has 16 heavy (non-hydrogen) atoms. The molecule has 0 amide bonds. The lowest BCUT2D eigenvalue weighted by Crippen LogP contribution is -2.02. The SMILES string of the molecule is c1nc(NCc2cscn2)c2nc[nH]c2n1. The number of anilines is 1. The van der Waals surface area contributed by atoms with E-state index in [-0.39, 0.29) is 0 Å². The highest BCUT2D eigenvalue weighted by molar-refractivity contribution is 7.07. The first-order valence-electron chi connectivity index (χ1n) is 4.68. The predicted molar refractivity (Wildman–Crippen MR) is 61.1 cm³/mol. The third-order valence-electron chi connectivity index (χ3n) is 2.14. The Morgan fingerprint density at radius 2 is 2.25 bits per heavy atom. The van der Waals surface area contributed by atoms with Gasteiger partial charge in [0.05, 0.1) is 24.1 Å². The quantitative estimate of drug-likeness (QED) is 0.714. The summed E-state index contributed by atoms with van der Waals surface area (Å²) in [6.07, 6.45) is 3.11. The molecule has 0 radical (unpaired) electrons. The Hall–Kier alpha value is -2.02. The molecule has 0 bridgehead atoms. The summed E-state index contributed by atoms with van der Waals surface area (Å²) >= 11 is 1.57. The van der Waals surface area contributed by atoms with Gasteiger partial charge in [-0.15, -0.1) is 11.3 Å². The van der Waals surface area contributed by atoms with Gasteiger partial charge < -0.3 is 10.3 Å². The van der Waals surface area contributed by atoms with Crippen molar-refractivity contribution in [2.75, 3.05) is 5.32 Å². The highest BCUT2D eigenvalue weighted by Gasteiger charge is 2.05. The Morgan fingerprint density at radius 3 is 3.12 bits per heavy atom. The van der Waals surface area contributed by atoms with Gasteiger partial charge in [-0.2, -0.15) is 0 Å². The Kier molecular flexibility index (Phi) is 2.22. The molecule has 80 valence electrons. The second-order valence-corrected chi connectivity index (χ2v) is 3.87. The van der Waals surface area contributed by atoms with Crippen molar-refractivity contribution < 1.29 is 0 Å². The van der Waals surface area contributed by atoms with Gasteiger partial charge in [0.2, 0.25) is 0 Å². The monoisotopic (exact) mass is 232 g/mol. The van der Waals surface area contributed by atoms with Crippen LogP contribution in [0.1, 0.15) is 5.69 Å². The van der Waals surface area contributed by atoms with Crippen LogP contribution in [0.15, 0.2) is 23.5 Å². The van der Waals surface area contributed by atoms with Crippen LogP contribution in [0.3, 0.4) is 0 Å². The molecule has 3 aromatic rings. The molecule has 0 aliphatic carbocycles. The maximum absolute atomic E-state index is 4.18. The van der Waals surface area contributed by atoms with Gasteiger partial charge in [-0.3, -0.25) is 0 Å². The number of aromatic nitrogens is 5. The number of thiazole rings is 1. The van der Waals surface area contributed by atoms with Crippen molar-refractivity contribution in [3.63, 3.8) is 0 Å². The van der Waals surface area contributed by atoms with Crippen LogP contribution in [0, 0.1) is 0 Å². The summed E-state index contributed by atoms with van der Waals surface area (Å²) in [4.78, 5) is 19.5. The van der Waals surface area contributed by atoms with Gasteiger partial charge >= 0.3 is 0 Å². The van der Waals surface area contributed by atoms with Crippen molar-refractivity contribution in [3.8, 4) is 0 Å². The molecule has 7 heteroatoms. The lowest BCUT2D eigenvalue weighted by Gasteiger charge is -2.02. The smallest absolute Gasteiger partial charge is 0.162 e. The molecule has 0 aliphatic heterocycles. The van der Waals surface area contributed by atoms with Crippen molar-refractivity contribution in [2.24, 2.45) is 0 Å². The number of nitrogens with one attached hydrogen (secondary N) is 2. The van der Waals surface area contributed by atoms with E-state index >= 15 is 0 Å². The predicted octanol–water partition coefficient (Wildman–Crippen LogP) is 1.42. The van der Waals surface area contributed by atoms with E-state index in [4.69, 9.17) is 0 Å². The number of imidazole rings is 1. The third kappa shape index (κ3) is 1.61. The van der Waals surface area contributed by atoms with E-state index in [9.17, 15) is 0 Å². The van der Waals surface area contributed by atoms with Crippen molar-refractivity contribution in [2.45, 2.75) is 6.54 Å². The number of aromatic amines is 1. The Labute approximate surface area is 94.8 Å². The lowest BCUT2D eigenvalue weighted by molar-refractivity contribution is 1.05. The van der Waals surface area contributed by atoms with Gasteiger partial charge in [-0.25, -0.2) is 19.9 Å². The Bertz CT molecular complexity index is 587. The average molecular weight is 232 g/mol. The molecular formula is C9H8N6S. The second kappa shape index (κ2) is 3.86. The number of rotatable bonds is 3. The normalized spacial score (nSPS) is 10.8. The van der Waals surface area contributed by atoms with Gasteiger partial charge in [-0.1, -0.05) is 0 Å².